The van der Waals surface area contributed by atoms with Gasteiger partial charge in [0.15, 0.2) is 5.58 Å². The number of oxazole rings is 1. The molecule has 0 unspecified atom stereocenters. The molecule has 5 heteroatoms. The van der Waals surface area contributed by atoms with Gasteiger partial charge in [0, 0.05) is 11.6 Å². The molecular formula is C12H13ClN2O2. The van der Waals surface area contributed by atoms with Crippen LogP contribution in [-0.2, 0) is 0 Å². The SMILES string of the molecule is CC[C@@H](C)NC(=O)c1ccc2nc(Cl)oc2c1. The highest BCUT2D eigenvalue weighted by Crippen LogP contribution is 2.20. The van der Waals surface area contributed by atoms with Gasteiger partial charge < -0.3 is 9.73 Å². The van der Waals surface area contributed by atoms with Gasteiger partial charge in [-0.3, -0.25) is 4.79 Å². The number of rotatable bonds is 3. The maximum Gasteiger partial charge on any atom is 0.293 e. The van der Waals surface area contributed by atoms with Gasteiger partial charge in [-0.05, 0) is 43.1 Å². The Labute approximate surface area is 104 Å². The van der Waals surface area contributed by atoms with Gasteiger partial charge in [0.1, 0.15) is 5.52 Å². The molecule has 0 fully saturated rings. The summed E-state index contributed by atoms with van der Waals surface area (Å²) >= 11 is 5.64. The molecule has 0 bridgehead atoms. The second kappa shape index (κ2) is 4.75. The van der Waals surface area contributed by atoms with Gasteiger partial charge in [-0.25, -0.2) is 0 Å². The highest BCUT2D eigenvalue weighted by Gasteiger charge is 2.11. The van der Waals surface area contributed by atoms with Crippen LogP contribution in [0.4, 0.5) is 0 Å². The number of carbonyl (C=O) groups is 1. The lowest BCUT2D eigenvalue weighted by Crippen LogP contribution is -2.31. The van der Waals surface area contributed by atoms with E-state index < -0.39 is 0 Å². The van der Waals surface area contributed by atoms with Gasteiger partial charge in [0.2, 0.25) is 0 Å². The maximum absolute atomic E-state index is 11.9. The fourth-order valence-corrected chi connectivity index (χ4v) is 1.62. The van der Waals surface area contributed by atoms with Crippen molar-refractivity contribution in [1.82, 2.24) is 10.3 Å². The van der Waals surface area contributed by atoms with Crippen LogP contribution in [0.25, 0.3) is 11.1 Å². The van der Waals surface area contributed by atoms with E-state index in [4.69, 9.17) is 16.0 Å². The zero-order valence-corrected chi connectivity index (χ0v) is 10.4. The van der Waals surface area contributed by atoms with E-state index >= 15 is 0 Å². The molecule has 90 valence electrons. The summed E-state index contributed by atoms with van der Waals surface area (Å²) in [4.78, 5) is 15.8. The minimum Gasteiger partial charge on any atom is -0.428 e. The first kappa shape index (κ1) is 11.9. The lowest BCUT2D eigenvalue weighted by molar-refractivity contribution is 0.0939. The van der Waals surface area contributed by atoms with E-state index in [2.05, 4.69) is 10.3 Å². The van der Waals surface area contributed by atoms with E-state index in [0.717, 1.165) is 6.42 Å². The summed E-state index contributed by atoms with van der Waals surface area (Å²) < 4.78 is 5.16. The molecule has 1 amide bonds. The third-order valence-electron chi connectivity index (χ3n) is 2.61. The van der Waals surface area contributed by atoms with Crippen molar-refractivity contribution in [1.29, 1.82) is 0 Å². The van der Waals surface area contributed by atoms with Gasteiger partial charge in [-0.15, -0.1) is 0 Å². The summed E-state index contributed by atoms with van der Waals surface area (Å²) in [6.45, 7) is 3.98. The first-order valence-corrected chi connectivity index (χ1v) is 5.85. The third-order valence-corrected chi connectivity index (χ3v) is 2.78. The molecule has 0 aliphatic heterocycles. The predicted molar refractivity (Wildman–Crippen MR) is 66.2 cm³/mol. The second-order valence-electron chi connectivity index (χ2n) is 3.93. The minimum absolute atomic E-state index is 0.0829. The van der Waals surface area contributed by atoms with Crippen molar-refractivity contribution in [2.45, 2.75) is 26.3 Å². The number of amides is 1. The average molecular weight is 253 g/mol. The van der Waals surface area contributed by atoms with Crippen LogP contribution in [0, 0.1) is 0 Å². The smallest absolute Gasteiger partial charge is 0.293 e. The van der Waals surface area contributed by atoms with E-state index in [9.17, 15) is 4.79 Å². The number of halogens is 1. The summed E-state index contributed by atoms with van der Waals surface area (Å²) in [5.74, 6) is -0.117. The second-order valence-corrected chi connectivity index (χ2v) is 4.26. The van der Waals surface area contributed by atoms with Crippen LogP contribution in [0.1, 0.15) is 30.6 Å². The molecule has 4 nitrogen and oxygen atoms in total. The zero-order chi connectivity index (χ0) is 12.4. The van der Waals surface area contributed by atoms with Crippen molar-refractivity contribution >= 4 is 28.6 Å². The fourth-order valence-electron chi connectivity index (χ4n) is 1.45. The van der Waals surface area contributed by atoms with E-state index in [-0.39, 0.29) is 17.3 Å². The molecule has 1 heterocycles. The summed E-state index contributed by atoms with van der Waals surface area (Å²) in [7, 11) is 0. The van der Waals surface area contributed by atoms with E-state index in [1.807, 2.05) is 13.8 Å². The number of aromatic nitrogens is 1. The predicted octanol–water partition coefficient (Wildman–Crippen LogP) is 3.01. The Morgan fingerprint density at radius 2 is 2.35 bits per heavy atom. The topological polar surface area (TPSA) is 55.1 Å². The average Bonchev–Trinajstić information content (AvgIpc) is 2.67. The first-order valence-electron chi connectivity index (χ1n) is 5.47. The maximum atomic E-state index is 11.9. The Kier molecular flexibility index (Phi) is 3.33. The Hall–Kier alpha value is -1.55. The third kappa shape index (κ3) is 2.58. The quantitative estimate of drug-likeness (QED) is 0.914. The molecule has 2 rings (SSSR count). The molecular weight excluding hydrogens is 240 g/mol. The largest absolute Gasteiger partial charge is 0.428 e. The molecule has 0 aliphatic rings. The van der Waals surface area contributed by atoms with Gasteiger partial charge in [-0.1, -0.05) is 6.92 Å². The van der Waals surface area contributed by atoms with Gasteiger partial charge in [0.25, 0.3) is 11.3 Å². The number of hydrogen-bond acceptors (Lipinski definition) is 3. The van der Waals surface area contributed by atoms with Crippen molar-refractivity contribution in [2.24, 2.45) is 0 Å². The summed E-state index contributed by atoms with van der Waals surface area (Å²) in [5.41, 5.74) is 1.72. The number of carbonyl (C=O) groups excluding carboxylic acids is 1. The lowest BCUT2D eigenvalue weighted by Gasteiger charge is -2.10. The van der Waals surface area contributed by atoms with Crippen molar-refractivity contribution < 1.29 is 9.21 Å². The van der Waals surface area contributed by atoms with E-state index in [1.165, 1.54) is 0 Å². The van der Waals surface area contributed by atoms with E-state index in [0.29, 0.717) is 16.7 Å². The molecule has 0 spiro atoms. The molecule has 1 atom stereocenters. The summed E-state index contributed by atoms with van der Waals surface area (Å²) in [6.07, 6.45) is 0.891. The monoisotopic (exact) mass is 252 g/mol. The molecule has 1 N–H and O–H groups in total. The molecule has 0 saturated heterocycles. The summed E-state index contributed by atoms with van der Waals surface area (Å²) in [5, 5.41) is 2.97. The van der Waals surface area contributed by atoms with Gasteiger partial charge in [0.05, 0.1) is 0 Å². The summed E-state index contributed by atoms with van der Waals surface area (Å²) in [6, 6.07) is 5.22. The highest BCUT2D eigenvalue weighted by molar-refractivity contribution is 6.28. The molecule has 0 saturated carbocycles. The van der Waals surface area contributed by atoms with Crippen LogP contribution in [0.2, 0.25) is 5.35 Å². The molecule has 1 aromatic carbocycles. The molecule has 1 aromatic heterocycles. The fraction of sp³-hybridized carbons (Fsp3) is 0.333. The van der Waals surface area contributed by atoms with Gasteiger partial charge >= 0.3 is 0 Å². The van der Waals surface area contributed by atoms with Crippen molar-refractivity contribution in [3.8, 4) is 0 Å². The van der Waals surface area contributed by atoms with Crippen LogP contribution in [0.3, 0.4) is 0 Å². The van der Waals surface area contributed by atoms with Crippen molar-refractivity contribution in [3.05, 3.63) is 29.1 Å². The number of nitrogens with zero attached hydrogens (tertiary/aromatic N) is 1. The standard InChI is InChI=1S/C12H13ClN2O2/c1-3-7(2)14-11(16)8-4-5-9-10(6-8)17-12(13)15-9/h4-7H,3H2,1-2H3,(H,14,16)/t7-/m1/s1. The van der Waals surface area contributed by atoms with Crippen LogP contribution < -0.4 is 5.32 Å². The van der Waals surface area contributed by atoms with Crippen LogP contribution in [-0.4, -0.2) is 16.9 Å². The Morgan fingerprint density at radius 3 is 3.06 bits per heavy atom. The van der Waals surface area contributed by atoms with Crippen LogP contribution in [0.5, 0.6) is 0 Å². The molecule has 0 aliphatic carbocycles. The Morgan fingerprint density at radius 1 is 1.59 bits per heavy atom. The van der Waals surface area contributed by atoms with Gasteiger partial charge in [-0.2, -0.15) is 4.98 Å². The minimum atomic E-state index is -0.117. The molecule has 0 radical (unpaired) electrons. The lowest BCUT2D eigenvalue weighted by atomic mass is 10.1. The van der Waals surface area contributed by atoms with Crippen molar-refractivity contribution in [3.63, 3.8) is 0 Å². The highest BCUT2D eigenvalue weighted by atomic mass is 35.5. The van der Waals surface area contributed by atoms with Crippen LogP contribution in [0.15, 0.2) is 22.6 Å². The first-order chi connectivity index (χ1) is 8.10. The number of fused-ring (bicyclic) bond motifs is 1. The van der Waals surface area contributed by atoms with E-state index in [1.54, 1.807) is 18.2 Å². The number of hydrogen-bond donors (Lipinski definition) is 1. The number of nitrogens with one attached hydrogen (secondary N) is 1. The Balaban J connectivity index is 2.26. The zero-order valence-electron chi connectivity index (χ0n) is 9.66. The molecule has 17 heavy (non-hydrogen) atoms. The van der Waals surface area contributed by atoms with Crippen LogP contribution >= 0.6 is 11.6 Å². The number of benzene rings is 1. The molecule has 2 aromatic rings. The Bertz CT molecular complexity index is 550. The normalized spacial score (nSPS) is 12.6. The van der Waals surface area contributed by atoms with Crippen molar-refractivity contribution in [2.75, 3.05) is 0 Å².